The Morgan fingerprint density at radius 3 is 1.69 bits per heavy atom. The van der Waals surface area contributed by atoms with Crippen LogP contribution in [-0.2, 0) is 10.2 Å². The number of para-hydroxylation sites is 1. The van der Waals surface area contributed by atoms with E-state index in [0.29, 0.717) is 23.9 Å². The molecule has 5 nitrogen and oxygen atoms in total. The molecule has 0 saturated carbocycles. The molecule has 3 heterocycles. The first-order chi connectivity index (χ1) is 24.3. The van der Waals surface area contributed by atoms with E-state index in [0.717, 1.165) is 45.1 Å². The predicted molar refractivity (Wildman–Crippen MR) is 191 cm³/mol. The van der Waals surface area contributed by atoms with Gasteiger partial charge in [-0.25, -0.2) is 15.0 Å². The van der Waals surface area contributed by atoms with Gasteiger partial charge in [0.15, 0.2) is 23.6 Å². The molecule has 0 fully saturated rings. The second kappa shape index (κ2) is 10.9. The monoisotopic (exact) mass is 631 g/mol. The van der Waals surface area contributed by atoms with Gasteiger partial charge in [-0.2, -0.15) is 0 Å². The summed E-state index contributed by atoms with van der Waals surface area (Å²) in [7, 11) is 0. The van der Waals surface area contributed by atoms with Gasteiger partial charge in [0.05, 0.1) is 5.41 Å². The van der Waals surface area contributed by atoms with Gasteiger partial charge in [0.25, 0.3) is 0 Å². The van der Waals surface area contributed by atoms with E-state index >= 15 is 0 Å². The highest BCUT2D eigenvalue weighted by Crippen LogP contribution is 2.62. The lowest BCUT2D eigenvalue weighted by Crippen LogP contribution is -2.32. The maximum Gasteiger partial charge on any atom is 0.174 e. The highest BCUT2D eigenvalue weighted by atomic mass is 16.5. The van der Waals surface area contributed by atoms with Crippen molar-refractivity contribution in [2.75, 3.05) is 0 Å². The van der Waals surface area contributed by atoms with Crippen molar-refractivity contribution in [3.63, 3.8) is 0 Å². The van der Waals surface area contributed by atoms with Gasteiger partial charge in [-0.05, 0) is 52.6 Å². The van der Waals surface area contributed by atoms with E-state index in [1.807, 2.05) is 66.7 Å². The lowest BCUT2D eigenvalue weighted by Gasteiger charge is -2.39. The molecule has 232 valence electrons. The molecule has 2 aliphatic heterocycles. The number of hydrogen-bond acceptors (Lipinski definition) is 5. The quantitative estimate of drug-likeness (QED) is 0.193. The molecule has 1 atom stereocenters. The van der Waals surface area contributed by atoms with E-state index in [4.69, 9.17) is 24.4 Å². The number of nitrogens with zero attached hydrogens (tertiary/aromatic N) is 3. The fraction of sp³-hybridized carbons (Fsp3) is 0.0682. The fourth-order valence-corrected chi connectivity index (χ4v) is 7.79. The number of aromatic nitrogens is 3. The molecule has 1 aliphatic carbocycles. The van der Waals surface area contributed by atoms with Crippen molar-refractivity contribution in [3.8, 4) is 45.4 Å². The summed E-state index contributed by atoms with van der Waals surface area (Å²) < 4.78 is 13.4. The molecule has 1 aromatic heterocycles. The standard InChI is InChI=1S/C44H29N3O2/c1-3-13-28(14-4-1)41-45-42(29-15-5-2-6-16-29)47-43(46-41)40-26-25-37(48-40)30-23-24-39-36(27-30)44(35-21-11-12-22-38(35)49-39)33-19-9-7-17-31(33)32-18-8-10-20-34(32)44/h1-25,27,40H,26H2. The molecular weight excluding hydrogens is 603 g/mol. The highest BCUT2D eigenvalue weighted by Gasteiger charge is 2.51. The maximum atomic E-state index is 6.73. The first kappa shape index (κ1) is 27.8. The second-order valence-electron chi connectivity index (χ2n) is 12.6. The van der Waals surface area contributed by atoms with E-state index in [1.165, 1.54) is 22.3 Å². The molecule has 49 heavy (non-hydrogen) atoms. The highest BCUT2D eigenvalue weighted by molar-refractivity contribution is 5.88. The van der Waals surface area contributed by atoms with Gasteiger partial charge in [0, 0.05) is 34.2 Å². The fourth-order valence-electron chi connectivity index (χ4n) is 7.79. The summed E-state index contributed by atoms with van der Waals surface area (Å²) in [5, 5.41) is 0. The molecule has 3 aliphatic rings. The lowest BCUT2D eigenvalue weighted by atomic mass is 9.66. The average molecular weight is 632 g/mol. The summed E-state index contributed by atoms with van der Waals surface area (Å²) in [5.74, 6) is 4.41. The van der Waals surface area contributed by atoms with Crippen LogP contribution in [0.1, 0.15) is 46.2 Å². The van der Waals surface area contributed by atoms with Gasteiger partial charge < -0.3 is 9.47 Å². The maximum absolute atomic E-state index is 6.73. The molecule has 10 rings (SSSR count). The van der Waals surface area contributed by atoms with Crippen LogP contribution in [0.25, 0.3) is 39.7 Å². The summed E-state index contributed by atoms with van der Waals surface area (Å²) >= 11 is 0. The van der Waals surface area contributed by atoms with Crippen LogP contribution in [0.15, 0.2) is 158 Å². The summed E-state index contributed by atoms with van der Waals surface area (Å²) in [5.41, 5.74) is 9.60. The van der Waals surface area contributed by atoms with Crippen LogP contribution in [0.2, 0.25) is 0 Å². The topological polar surface area (TPSA) is 57.1 Å². The van der Waals surface area contributed by atoms with Crippen molar-refractivity contribution < 1.29 is 9.47 Å². The number of fused-ring (bicyclic) bond motifs is 9. The average Bonchev–Trinajstić information content (AvgIpc) is 3.79. The zero-order valence-electron chi connectivity index (χ0n) is 26.5. The van der Waals surface area contributed by atoms with Gasteiger partial charge in [-0.15, -0.1) is 0 Å². The SMILES string of the molecule is C1=C(c2ccc3c(c2)C2(c4ccccc4O3)c3ccccc3-c3ccccc32)OC(c2nc(-c3ccccc3)nc(-c3ccccc3)n2)C1. The van der Waals surface area contributed by atoms with Crippen LogP contribution in [0.5, 0.6) is 11.5 Å². The van der Waals surface area contributed by atoms with Gasteiger partial charge in [-0.1, -0.05) is 127 Å². The van der Waals surface area contributed by atoms with Gasteiger partial charge in [0.2, 0.25) is 0 Å². The van der Waals surface area contributed by atoms with Crippen molar-refractivity contribution >= 4 is 5.76 Å². The Morgan fingerprint density at radius 1 is 0.490 bits per heavy atom. The largest absolute Gasteiger partial charge is 0.482 e. The predicted octanol–water partition coefficient (Wildman–Crippen LogP) is 10.2. The van der Waals surface area contributed by atoms with Crippen LogP contribution < -0.4 is 4.74 Å². The van der Waals surface area contributed by atoms with E-state index in [-0.39, 0.29) is 6.10 Å². The van der Waals surface area contributed by atoms with Crippen molar-refractivity contribution in [1.29, 1.82) is 0 Å². The Bertz CT molecular complexity index is 2330. The molecule has 0 amide bonds. The van der Waals surface area contributed by atoms with Crippen LogP contribution in [0.4, 0.5) is 0 Å². The second-order valence-corrected chi connectivity index (χ2v) is 12.6. The van der Waals surface area contributed by atoms with E-state index in [2.05, 4.69) is 91.0 Å². The molecular formula is C44H29N3O2. The van der Waals surface area contributed by atoms with Gasteiger partial charge in [0.1, 0.15) is 17.3 Å². The smallest absolute Gasteiger partial charge is 0.174 e. The van der Waals surface area contributed by atoms with Crippen LogP contribution in [-0.4, -0.2) is 15.0 Å². The molecule has 0 saturated heterocycles. The Labute approximate surface area is 284 Å². The van der Waals surface area contributed by atoms with Gasteiger partial charge in [-0.3, -0.25) is 0 Å². The van der Waals surface area contributed by atoms with E-state index in [1.54, 1.807) is 0 Å². The lowest BCUT2D eigenvalue weighted by molar-refractivity contribution is 0.184. The molecule has 0 N–H and O–H groups in total. The van der Waals surface area contributed by atoms with E-state index in [9.17, 15) is 0 Å². The first-order valence-corrected chi connectivity index (χ1v) is 16.6. The normalized spacial score (nSPS) is 16.1. The Balaban J connectivity index is 1.08. The van der Waals surface area contributed by atoms with E-state index < -0.39 is 5.41 Å². The number of hydrogen-bond donors (Lipinski definition) is 0. The minimum absolute atomic E-state index is 0.349. The van der Waals surface area contributed by atoms with Crippen molar-refractivity contribution in [2.45, 2.75) is 17.9 Å². The number of ether oxygens (including phenoxy) is 2. The molecule has 7 aromatic rings. The molecule has 6 aromatic carbocycles. The summed E-state index contributed by atoms with van der Waals surface area (Å²) in [6.07, 6.45) is 2.45. The van der Waals surface area contributed by atoms with Gasteiger partial charge >= 0.3 is 0 Å². The Morgan fingerprint density at radius 2 is 1.04 bits per heavy atom. The minimum Gasteiger partial charge on any atom is -0.482 e. The van der Waals surface area contributed by atoms with Crippen molar-refractivity contribution in [2.24, 2.45) is 0 Å². The van der Waals surface area contributed by atoms with Crippen molar-refractivity contribution in [3.05, 3.63) is 191 Å². The third-order valence-corrected chi connectivity index (χ3v) is 9.92. The van der Waals surface area contributed by atoms with Crippen LogP contribution >= 0.6 is 0 Å². The summed E-state index contributed by atoms with van der Waals surface area (Å²) in [4.78, 5) is 14.7. The molecule has 5 heteroatoms. The number of benzene rings is 6. The van der Waals surface area contributed by atoms with Crippen LogP contribution in [0, 0.1) is 0 Å². The summed E-state index contributed by atoms with van der Waals surface area (Å²) in [6.45, 7) is 0. The Kier molecular flexibility index (Phi) is 6.15. The third-order valence-electron chi connectivity index (χ3n) is 9.92. The molecule has 0 radical (unpaired) electrons. The van der Waals surface area contributed by atoms with Crippen LogP contribution in [0.3, 0.4) is 0 Å². The van der Waals surface area contributed by atoms with Crippen molar-refractivity contribution in [1.82, 2.24) is 15.0 Å². The zero-order valence-corrected chi connectivity index (χ0v) is 26.5. The molecule has 0 bridgehead atoms. The first-order valence-electron chi connectivity index (χ1n) is 16.6. The zero-order chi connectivity index (χ0) is 32.4. The summed E-state index contributed by atoms with van der Waals surface area (Å²) in [6, 6.07) is 52.5. The minimum atomic E-state index is -0.532. The Hall–Kier alpha value is -6.33. The molecule has 1 unspecified atom stereocenters. The third kappa shape index (κ3) is 4.22. The number of rotatable bonds is 4. The molecule has 1 spiro atoms.